The lowest BCUT2D eigenvalue weighted by atomic mass is 9.81. The molecule has 1 heterocycles. The van der Waals surface area contributed by atoms with Crippen molar-refractivity contribution < 1.29 is 0 Å². The zero-order chi connectivity index (χ0) is 12.1. The Hall–Kier alpha value is -1.32. The van der Waals surface area contributed by atoms with Crippen molar-refractivity contribution in [3.8, 4) is 0 Å². The molecule has 0 aliphatic heterocycles. The Morgan fingerprint density at radius 1 is 1.41 bits per heavy atom. The topological polar surface area (TPSA) is 57.8 Å². The Morgan fingerprint density at radius 2 is 2.18 bits per heavy atom. The second-order valence-corrected chi connectivity index (χ2v) is 5.18. The van der Waals surface area contributed by atoms with Crippen LogP contribution in [0, 0.1) is 11.8 Å². The van der Waals surface area contributed by atoms with E-state index in [1.807, 2.05) is 0 Å². The van der Waals surface area contributed by atoms with E-state index >= 15 is 0 Å². The van der Waals surface area contributed by atoms with E-state index in [9.17, 15) is 4.79 Å². The van der Waals surface area contributed by atoms with Gasteiger partial charge in [0.2, 0.25) is 0 Å². The molecule has 0 amide bonds. The predicted octanol–water partition coefficient (Wildman–Crippen LogP) is 2.40. The molecule has 1 saturated carbocycles. The molecule has 1 aromatic heterocycles. The van der Waals surface area contributed by atoms with Gasteiger partial charge in [-0.05, 0) is 18.3 Å². The quantitative estimate of drug-likeness (QED) is 0.842. The van der Waals surface area contributed by atoms with Gasteiger partial charge < -0.3 is 5.32 Å². The number of aromatic amines is 1. The Kier molecular flexibility index (Phi) is 4.18. The van der Waals surface area contributed by atoms with Gasteiger partial charge in [-0.25, -0.2) is 5.10 Å². The molecule has 0 spiro atoms. The van der Waals surface area contributed by atoms with Crippen molar-refractivity contribution in [3.63, 3.8) is 0 Å². The fraction of sp³-hybridized carbons (Fsp3) is 0.692. The summed E-state index contributed by atoms with van der Waals surface area (Å²) >= 11 is 0. The fourth-order valence-electron chi connectivity index (χ4n) is 2.51. The van der Waals surface area contributed by atoms with Gasteiger partial charge in [0.15, 0.2) is 0 Å². The first kappa shape index (κ1) is 12.1. The summed E-state index contributed by atoms with van der Waals surface area (Å²) in [5.41, 5.74) is 0.666. The number of hydrogen-bond acceptors (Lipinski definition) is 3. The highest BCUT2D eigenvalue weighted by molar-refractivity contribution is 5.38. The minimum atomic E-state index is -0.151. The normalized spacial score (nSPS) is 24.5. The third kappa shape index (κ3) is 3.88. The van der Waals surface area contributed by atoms with Gasteiger partial charge >= 0.3 is 0 Å². The molecule has 94 valence electrons. The molecule has 1 aromatic rings. The number of anilines is 1. The van der Waals surface area contributed by atoms with Gasteiger partial charge in [0, 0.05) is 12.6 Å². The van der Waals surface area contributed by atoms with Crippen molar-refractivity contribution in [1.82, 2.24) is 10.2 Å². The molecule has 0 saturated heterocycles. The summed E-state index contributed by atoms with van der Waals surface area (Å²) in [5, 5.41) is 9.39. The summed E-state index contributed by atoms with van der Waals surface area (Å²) in [7, 11) is 0. The lowest BCUT2D eigenvalue weighted by Crippen LogP contribution is -2.16. The molecular weight excluding hydrogens is 214 g/mol. The molecule has 0 aromatic carbocycles. The molecule has 1 aliphatic carbocycles. The van der Waals surface area contributed by atoms with Crippen LogP contribution in [0.25, 0.3) is 0 Å². The van der Waals surface area contributed by atoms with Crippen molar-refractivity contribution in [2.75, 3.05) is 11.9 Å². The van der Waals surface area contributed by atoms with Gasteiger partial charge in [-0.2, -0.15) is 5.10 Å². The zero-order valence-corrected chi connectivity index (χ0v) is 10.4. The van der Waals surface area contributed by atoms with E-state index < -0.39 is 0 Å². The van der Waals surface area contributed by atoms with Crippen LogP contribution in [-0.2, 0) is 0 Å². The molecule has 1 aliphatic rings. The minimum Gasteiger partial charge on any atom is -0.384 e. The minimum absolute atomic E-state index is 0.151. The van der Waals surface area contributed by atoms with E-state index in [0.717, 1.165) is 24.1 Å². The molecular formula is C13H21N3O. The summed E-state index contributed by atoms with van der Waals surface area (Å²) in [6.45, 7) is 3.28. The largest absolute Gasteiger partial charge is 0.384 e. The maximum atomic E-state index is 11.0. The van der Waals surface area contributed by atoms with Crippen LogP contribution in [0.15, 0.2) is 17.1 Å². The molecule has 0 atom stereocenters. The van der Waals surface area contributed by atoms with E-state index in [1.165, 1.54) is 32.1 Å². The maximum Gasteiger partial charge on any atom is 0.266 e. The Morgan fingerprint density at radius 3 is 2.88 bits per heavy atom. The Labute approximate surface area is 102 Å². The first-order chi connectivity index (χ1) is 8.24. The second kappa shape index (κ2) is 5.84. The second-order valence-electron chi connectivity index (χ2n) is 5.18. The number of H-pyrrole nitrogens is 1. The molecule has 1 fully saturated rings. The monoisotopic (exact) mass is 235 g/mol. The van der Waals surface area contributed by atoms with Crippen molar-refractivity contribution >= 4 is 5.69 Å². The van der Waals surface area contributed by atoms with E-state index in [-0.39, 0.29) is 5.56 Å². The summed E-state index contributed by atoms with van der Waals surface area (Å²) in [6.07, 6.45) is 8.31. The third-order valence-corrected chi connectivity index (χ3v) is 3.68. The molecule has 2 N–H and O–H groups in total. The van der Waals surface area contributed by atoms with Gasteiger partial charge in [-0.1, -0.05) is 32.6 Å². The van der Waals surface area contributed by atoms with Crippen molar-refractivity contribution in [3.05, 3.63) is 22.6 Å². The number of nitrogens with one attached hydrogen (secondary N) is 2. The van der Waals surface area contributed by atoms with Gasteiger partial charge in [0.25, 0.3) is 5.56 Å². The van der Waals surface area contributed by atoms with Crippen molar-refractivity contribution in [2.45, 2.75) is 39.0 Å². The molecule has 4 heteroatoms. The standard InChI is InChI=1S/C13H21N3O/c1-10-2-4-11(5-3-10)6-7-14-12-8-13(17)16-15-9-12/h8-11H,2-7H2,1H3,(H2,14,16,17). The Balaban J connectivity index is 1.71. The van der Waals surface area contributed by atoms with Crippen LogP contribution in [0.1, 0.15) is 39.0 Å². The van der Waals surface area contributed by atoms with Gasteiger partial charge in [-0.3, -0.25) is 4.79 Å². The summed E-state index contributed by atoms with van der Waals surface area (Å²) in [5.74, 6) is 1.77. The van der Waals surface area contributed by atoms with Crippen LogP contribution in [0.5, 0.6) is 0 Å². The number of hydrogen-bond donors (Lipinski definition) is 2. The highest BCUT2D eigenvalue weighted by Crippen LogP contribution is 2.30. The molecule has 2 rings (SSSR count). The molecule has 0 bridgehead atoms. The van der Waals surface area contributed by atoms with E-state index in [1.54, 1.807) is 12.3 Å². The SMILES string of the molecule is CC1CCC(CCNc2cn[nH]c(=O)c2)CC1. The van der Waals surface area contributed by atoms with Crippen LogP contribution in [0.3, 0.4) is 0 Å². The van der Waals surface area contributed by atoms with Gasteiger partial charge in [0.1, 0.15) is 0 Å². The lowest BCUT2D eigenvalue weighted by Gasteiger charge is -2.26. The van der Waals surface area contributed by atoms with Crippen molar-refractivity contribution in [1.29, 1.82) is 0 Å². The molecule has 0 unspecified atom stereocenters. The van der Waals surface area contributed by atoms with Gasteiger partial charge in [-0.15, -0.1) is 0 Å². The summed E-state index contributed by atoms with van der Waals surface area (Å²) < 4.78 is 0. The molecule has 17 heavy (non-hydrogen) atoms. The molecule has 4 nitrogen and oxygen atoms in total. The van der Waals surface area contributed by atoms with Crippen LogP contribution in [0.4, 0.5) is 5.69 Å². The summed E-state index contributed by atoms with van der Waals surface area (Å²) in [4.78, 5) is 11.0. The average molecular weight is 235 g/mol. The maximum absolute atomic E-state index is 11.0. The number of nitrogens with zero attached hydrogens (tertiary/aromatic N) is 1. The van der Waals surface area contributed by atoms with Crippen LogP contribution >= 0.6 is 0 Å². The average Bonchev–Trinajstić information content (AvgIpc) is 2.32. The van der Waals surface area contributed by atoms with Crippen LogP contribution in [0.2, 0.25) is 0 Å². The highest BCUT2D eigenvalue weighted by atomic mass is 16.1. The highest BCUT2D eigenvalue weighted by Gasteiger charge is 2.17. The first-order valence-electron chi connectivity index (χ1n) is 6.52. The van der Waals surface area contributed by atoms with Gasteiger partial charge in [0.05, 0.1) is 11.9 Å². The summed E-state index contributed by atoms with van der Waals surface area (Å²) in [6, 6.07) is 1.55. The van der Waals surface area contributed by atoms with E-state index in [0.29, 0.717) is 0 Å². The number of aromatic nitrogens is 2. The lowest BCUT2D eigenvalue weighted by molar-refractivity contribution is 0.282. The van der Waals surface area contributed by atoms with Crippen molar-refractivity contribution in [2.24, 2.45) is 11.8 Å². The Bertz CT molecular complexity index is 394. The van der Waals surface area contributed by atoms with Crippen LogP contribution < -0.4 is 10.9 Å². The molecule has 0 radical (unpaired) electrons. The van der Waals surface area contributed by atoms with Crippen LogP contribution in [-0.4, -0.2) is 16.7 Å². The predicted molar refractivity (Wildman–Crippen MR) is 69.1 cm³/mol. The third-order valence-electron chi connectivity index (χ3n) is 3.68. The smallest absolute Gasteiger partial charge is 0.266 e. The fourth-order valence-corrected chi connectivity index (χ4v) is 2.51. The number of rotatable bonds is 4. The first-order valence-corrected chi connectivity index (χ1v) is 6.52. The van der Waals surface area contributed by atoms with E-state index in [4.69, 9.17) is 0 Å². The zero-order valence-electron chi connectivity index (χ0n) is 10.4. The van der Waals surface area contributed by atoms with E-state index in [2.05, 4.69) is 22.4 Å².